The predicted molar refractivity (Wildman–Crippen MR) is 96.3 cm³/mol. The third-order valence-corrected chi connectivity index (χ3v) is 3.59. The number of rotatable bonds is 4. The SMILES string of the molecule is CC(O)C(NC(=O)c1ccc(C#CC#Cc2ccnn2C)cc1)C(=O)NO. The van der Waals surface area contributed by atoms with Crippen LogP contribution in [-0.2, 0) is 11.8 Å². The number of benzene rings is 1. The summed E-state index contributed by atoms with van der Waals surface area (Å²) in [6, 6.07) is 6.84. The lowest BCUT2D eigenvalue weighted by Gasteiger charge is -2.19. The molecule has 2 amide bonds. The summed E-state index contributed by atoms with van der Waals surface area (Å²) in [4.78, 5) is 23.6. The molecule has 0 saturated heterocycles. The van der Waals surface area contributed by atoms with Crippen molar-refractivity contribution in [2.24, 2.45) is 7.05 Å². The fourth-order valence-electron chi connectivity index (χ4n) is 2.10. The highest BCUT2D eigenvalue weighted by Gasteiger charge is 2.25. The number of nitrogens with one attached hydrogen (secondary N) is 2. The van der Waals surface area contributed by atoms with Gasteiger partial charge in [-0.3, -0.25) is 19.5 Å². The molecule has 0 saturated carbocycles. The van der Waals surface area contributed by atoms with Crippen LogP contribution in [0, 0.1) is 23.7 Å². The maximum absolute atomic E-state index is 12.2. The average Bonchev–Trinajstić information content (AvgIpc) is 3.07. The Balaban J connectivity index is 2.04. The van der Waals surface area contributed by atoms with Crippen LogP contribution in [0.4, 0.5) is 0 Å². The Morgan fingerprint density at radius 2 is 1.81 bits per heavy atom. The van der Waals surface area contributed by atoms with E-state index in [0.717, 1.165) is 5.69 Å². The van der Waals surface area contributed by atoms with Crippen molar-refractivity contribution in [2.45, 2.75) is 19.1 Å². The number of hydroxylamine groups is 1. The first-order valence-corrected chi connectivity index (χ1v) is 7.95. The number of aliphatic hydroxyl groups excluding tert-OH is 1. The number of hydrogen-bond donors (Lipinski definition) is 4. The number of aryl methyl sites for hydroxylation is 1. The van der Waals surface area contributed by atoms with E-state index in [1.54, 1.807) is 36.1 Å². The number of aromatic nitrogens is 2. The minimum atomic E-state index is -1.27. The van der Waals surface area contributed by atoms with Gasteiger partial charge in [-0.1, -0.05) is 5.92 Å². The van der Waals surface area contributed by atoms with Gasteiger partial charge in [0.2, 0.25) is 0 Å². The molecule has 0 fully saturated rings. The van der Waals surface area contributed by atoms with Crippen molar-refractivity contribution >= 4 is 11.8 Å². The molecule has 0 aliphatic rings. The first-order chi connectivity index (χ1) is 12.9. The number of hydrogen-bond acceptors (Lipinski definition) is 5. The van der Waals surface area contributed by atoms with Gasteiger partial charge in [0.05, 0.1) is 12.3 Å². The Kier molecular flexibility index (Phi) is 6.73. The number of carbonyl (C=O) groups is 2. The van der Waals surface area contributed by atoms with Crippen molar-refractivity contribution in [2.75, 3.05) is 0 Å². The second kappa shape index (κ2) is 9.20. The van der Waals surface area contributed by atoms with Crippen LogP contribution in [0.15, 0.2) is 36.5 Å². The standard InChI is InChI=1S/C19H18N4O4/c1-13(24)17(19(26)22-27)21-18(25)15-9-7-14(8-10-15)5-3-4-6-16-11-12-20-23(16)2/h7-13,17,24,27H,1-2H3,(H,21,25)(H,22,26). The second-order valence-corrected chi connectivity index (χ2v) is 5.59. The average molecular weight is 366 g/mol. The van der Waals surface area contributed by atoms with Crippen LogP contribution in [0.25, 0.3) is 0 Å². The highest BCUT2D eigenvalue weighted by atomic mass is 16.5. The van der Waals surface area contributed by atoms with Gasteiger partial charge in [-0.05, 0) is 55.0 Å². The van der Waals surface area contributed by atoms with Crippen LogP contribution in [0.5, 0.6) is 0 Å². The molecule has 0 radical (unpaired) electrons. The first kappa shape index (κ1) is 19.7. The van der Waals surface area contributed by atoms with E-state index in [1.165, 1.54) is 24.5 Å². The lowest BCUT2D eigenvalue weighted by molar-refractivity contribution is -0.133. The molecule has 138 valence electrons. The Morgan fingerprint density at radius 3 is 2.37 bits per heavy atom. The third kappa shape index (κ3) is 5.44. The van der Waals surface area contributed by atoms with Crippen molar-refractivity contribution in [1.29, 1.82) is 0 Å². The summed E-state index contributed by atoms with van der Waals surface area (Å²) in [5.41, 5.74) is 3.08. The minimum Gasteiger partial charge on any atom is -0.391 e. The highest BCUT2D eigenvalue weighted by molar-refractivity contribution is 5.97. The fourth-order valence-corrected chi connectivity index (χ4v) is 2.10. The molecule has 2 atom stereocenters. The fraction of sp³-hybridized carbons (Fsp3) is 0.211. The Hall–Kier alpha value is -3.59. The van der Waals surface area contributed by atoms with Gasteiger partial charge in [-0.15, -0.1) is 0 Å². The molecule has 8 heteroatoms. The first-order valence-electron chi connectivity index (χ1n) is 7.95. The molecule has 8 nitrogen and oxygen atoms in total. The topological polar surface area (TPSA) is 116 Å². The molecule has 2 unspecified atom stereocenters. The number of aliphatic hydroxyl groups is 1. The van der Waals surface area contributed by atoms with Crippen LogP contribution in [0.2, 0.25) is 0 Å². The number of nitrogens with zero attached hydrogens (tertiary/aromatic N) is 2. The highest BCUT2D eigenvalue weighted by Crippen LogP contribution is 2.05. The van der Waals surface area contributed by atoms with E-state index in [4.69, 9.17) is 5.21 Å². The van der Waals surface area contributed by atoms with E-state index in [9.17, 15) is 14.7 Å². The van der Waals surface area contributed by atoms with Crippen LogP contribution in [0.1, 0.15) is 28.5 Å². The van der Waals surface area contributed by atoms with Gasteiger partial charge in [0.25, 0.3) is 11.8 Å². The minimum absolute atomic E-state index is 0.276. The zero-order valence-electron chi connectivity index (χ0n) is 14.7. The molecule has 0 aliphatic carbocycles. The largest absolute Gasteiger partial charge is 0.391 e. The molecule has 1 aromatic heterocycles. The summed E-state index contributed by atoms with van der Waals surface area (Å²) in [5, 5.41) is 24.5. The Bertz CT molecular complexity index is 940. The van der Waals surface area contributed by atoms with Crippen molar-refractivity contribution in [3.8, 4) is 23.7 Å². The molecule has 0 bridgehead atoms. The van der Waals surface area contributed by atoms with Gasteiger partial charge in [0, 0.05) is 18.2 Å². The van der Waals surface area contributed by atoms with Crippen LogP contribution in [-0.4, -0.2) is 44.1 Å². The summed E-state index contributed by atoms with van der Waals surface area (Å²) in [7, 11) is 1.79. The quantitative estimate of drug-likeness (QED) is 0.340. The van der Waals surface area contributed by atoms with E-state index in [1.807, 2.05) is 0 Å². The lowest BCUT2D eigenvalue weighted by Crippen LogP contribution is -2.51. The van der Waals surface area contributed by atoms with Crippen molar-refractivity contribution < 1.29 is 19.9 Å². The van der Waals surface area contributed by atoms with E-state index < -0.39 is 24.0 Å². The van der Waals surface area contributed by atoms with Gasteiger partial charge in [-0.25, -0.2) is 5.48 Å². The monoisotopic (exact) mass is 366 g/mol. The smallest absolute Gasteiger partial charge is 0.268 e. The van der Waals surface area contributed by atoms with E-state index in [2.05, 4.69) is 34.1 Å². The van der Waals surface area contributed by atoms with Gasteiger partial charge in [-0.2, -0.15) is 5.10 Å². The molecule has 1 heterocycles. The molecule has 4 N–H and O–H groups in total. The Labute approximate surface area is 156 Å². The summed E-state index contributed by atoms with van der Waals surface area (Å²) in [5.74, 6) is 9.69. The Morgan fingerprint density at radius 1 is 1.15 bits per heavy atom. The zero-order valence-corrected chi connectivity index (χ0v) is 14.7. The molecular formula is C19H18N4O4. The van der Waals surface area contributed by atoms with E-state index >= 15 is 0 Å². The lowest BCUT2D eigenvalue weighted by atomic mass is 10.1. The predicted octanol–water partition coefficient (Wildman–Crippen LogP) is -0.192. The molecule has 0 spiro atoms. The zero-order chi connectivity index (χ0) is 19.8. The van der Waals surface area contributed by atoms with Crippen LogP contribution < -0.4 is 10.8 Å². The van der Waals surface area contributed by atoms with Crippen molar-refractivity contribution in [1.82, 2.24) is 20.6 Å². The summed E-state index contributed by atoms with van der Waals surface area (Å²) >= 11 is 0. The van der Waals surface area contributed by atoms with Gasteiger partial charge in [0.1, 0.15) is 11.7 Å². The van der Waals surface area contributed by atoms with Gasteiger partial charge >= 0.3 is 0 Å². The summed E-state index contributed by atoms with van der Waals surface area (Å²) in [6.07, 6.45) is 0.470. The molecule has 2 rings (SSSR count). The van der Waals surface area contributed by atoms with Gasteiger partial charge in [0.15, 0.2) is 0 Å². The van der Waals surface area contributed by atoms with Crippen LogP contribution >= 0.6 is 0 Å². The number of amides is 2. The second-order valence-electron chi connectivity index (χ2n) is 5.59. The number of carbonyl (C=O) groups excluding carboxylic acids is 2. The molecule has 0 aliphatic heterocycles. The van der Waals surface area contributed by atoms with Crippen molar-refractivity contribution in [3.05, 3.63) is 53.3 Å². The molecule has 2 aromatic rings. The maximum atomic E-state index is 12.2. The third-order valence-electron chi connectivity index (χ3n) is 3.59. The maximum Gasteiger partial charge on any atom is 0.268 e. The summed E-state index contributed by atoms with van der Waals surface area (Å²) in [6.45, 7) is 1.32. The normalized spacial score (nSPS) is 11.9. The molecule has 27 heavy (non-hydrogen) atoms. The molecule has 1 aromatic carbocycles. The van der Waals surface area contributed by atoms with E-state index in [0.29, 0.717) is 5.56 Å². The molecular weight excluding hydrogens is 348 g/mol. The van der Waals surface area contributed by atoms with Crippen molar-refractivity contribution in [3.63, 3.8) is 0 Å². The van der Waals surface area contributed by atoms with Crippen LogP contribution in [0.3, 0.4) is 0 Å². The summed E-state index contributed by atoms with van der Waals surface area (Å²) < 4.78 is 1.64. The van der Waals surface area contributed by atoms with Gasteiger partial charge < -0.3 is 10.4 Å². The van der Waals surface area contributed by atoms with E-state index in [-0.39, 0.29) is 5.56 Å².